The molecule has 0 fully saturated rings. The van der Waals surface area contributed by atoms with Crippen molar-refractivity contribution in [2.45, 2.75) is 30.6 Å². The van der Waals surface area contributed by atoms with E-state index < -0.39 is 5.91 Å². The van der Waals surface area contributed by atoms with Crippen LogP contribution in [0.3, 0.4) is 0 Å². The minimum atomic E-state index is -0.458. The molecule has 7 rings (SSSR count). The first-order valence-corrected chi connectivity index (χ1v) is 17.4. The van der Waals surface area contributed by atoms with Crippen molar-refractivity contribution in [1.29, 1.82) is 0 Å². The molecule has 0 atom stereocenters. The predicted molar refractivity (Wildman–Crippen MR) is 199 cm³/mol. The Morgan fingerprint density at radius 2 is 1.41 bits per heavy atom. The highest BCUT2D eigenvalue weighted by molar-refractivity contribution is 8.00. The maximum absolute atomic E-state index is 13.7. The molecule has 0 spiro atoms. The number of nitrogens with zero attached hydrogens (tertiary/aromatic N) is 1. The van der Waals surface area contributed by atoms with E-state index in [0.717, 1.165) is 58.5 Å². The number of hydrogen-bond acceptors (Lipinski definition) is 4. The molecule has 2 N–H and O–H groups in total. The molecule has 1 heterocycles. The van der Waals surface area contributed by atoms with Crippen molar-refractivity contribution < 1.29 is 14.4 Å². The van der Waals surface area contributed by atoms with Gasteiger partial charge in [-0.25, -0.2) is 0 Å². The van der Waals surface area contributed by atoms with Gasteiger partial charge in [-0.05, 0) is 90.4 Å². The Kier molecular flexibility index (Phi) is 9.53. The number of rotatable bonds is 9. The molecule has 2 amide bonds. The van der Waals surface area contributed by atoms with E-state index in [4.69, 9.17) is 0 Å². The van der Waals surface area contributed by atoms with Crippen LogP contribution in [0.5, 0.6) is 0 Å². The first-order chi connectivity index (χ1) is 24.0. The summed E-state index contributed by atoms with van der Waals surface area (Å²) in [6, 6.07) is 42.3. The molecule has 0 unspecified atom stereocenters. The number of para-hydroxylation sites is 1. The molecule has 1 aromatic heterocycles. The zero-order valence-electron chi connectivity index (χ0n) is 26.9. The van der Waals surface area contributed by atoms with Crippen LogP contribution in [-0.2, 0) is 17.6 Å². The number of anilines is 1. The second-order valence-electron chi connectivity index (χ2n) is 12.0. The van der Waals surface area contributed by atoms with Gasteiger partial charge in [0.2, 0.25) is 5.91 Å². The number of benzene rings is 5. The average molecular weight is 662 g/mol. The fraction of sp³-hybridized carbons (Fsp3) is 0.119. The summed E-state index contributed by atoms with van der Waals surface area (Å²) in [7, 11) is 0. The Hall–Kier alpha value is -5.66. The number of thioether (sulfide) groups is 1. The van der Waals surface area contributed by atoms with Gasteiger partial charge in [0.25, 0.3) is 11.8 Å². The molecule has 0 saturated carbocycles. The third kappa shape index (κ3) is 7.27. The zero-order valence-corrected chi connectivity index (χ0v) is 27.7. The second-order valence-corrected chi connectivity index (χ2v) is 13.1. The lowest BCUT2D eigenvalue weighted by molar-refractivity contribution is -0.113. The monoisotopic (exact) mass is 661 g/mol. The summed E-state index contributed by atoms with van der Waals surface area (Å²) in [6.45, 7) is 0. The van der Waals surface area contributed by atoms with Crippen LogP contribution in [0, 0.1) is 0 Å². The number of carbonyl (C=O) groups excluding carboxylic acids is 3. The fourth-order valence-corrected chi connectivity index (χ4v) is 7.17. The largest absolute Gasteiger partial charge is 0.321 e. The summed E-state index contributed by atoms with van der Waals surface area (Å²) < 4.78 is 1.92. The Morgan fingerprint density at radius 1 is 0.714 bits per heavy atom. The van der Waals surface area contributed by atoms with E-state index in [1.807, 2.05) is 102 Å². The van der Waals surface area contributed by atoms with Crippen molar-refractivity contribution in [1.82, 2.24) is 9.88 Å². The smallest absolute Gasteiger partial charge is 0.272 e. The van der Waals surface area contributed by atoms with E-state index >= 15 is 0 Å². The number of carbonyl (C=O) groups is 3. The summed E-state index contributed by atoms with van der Waals surface area (Å²) in [5.74, 6) is -0.531. The number of fused-ring (bicyclic) bond motifs is 3. The van der Waals surface area contributed by atoms with Crippen molar-refractivity contribution >= 4 is 52.1 Å². The Morgan fingerprint density at radius 3 is 2.20 bits per heavy atom. The molecule has 0 bridgehead atoms. The van der Waals surface area contributed by atoms with Crippen LogP contribution in [0.2, 0.25) is 0 Å². The maximum Gasteiger partial charge on any atom is 0.272 e. The lowest BCUT2D eigenvalue weighted by atomic mass is 9.96. The van der Waals surface area contributed by atoms with Gasteiger partial charge in [0.05, 0.1) is 11.3 Å². The van der Waals surface area contributed by atoms with E-state index in [2.05, 4.69) is 16.7 Å². The van der Waals surface area contributed by atoms with Crippen LogP contribution < -0.4 is 10.6 Å². The molecule has 0 saturated heterocycles. The summed E-state index contributed by atoms with van der Waals surface area (Å²) >= 11 is 1.44. The van der Waals surface area contributed by atoms with E-state index in [9.17, 15) is 14.4 Å². The fourth-order valence-electron chi connectivity index (χ4n) is 6.36. The second kappa shape index (κ2) is 14.6. The van der Waals surface area contributed by atoms with Gasteiger partial charge in [0.1, 0.15) is 5.70 Å². The quantitative estimate of drug-likeness (QED) is 0.120. The number of aryl methyl sites for hydroxylation is 1. The molecule has 5 aromatic carbocycles. The van der Waals surface area contributed by atoms with Crippen LogP contribution in [0.1, 0.15) is 44.8 Å². The number of nitrogens with one attached hydrogen (secondary N) is 2. The SMILES string of the molecule is O=C(Nc1cccc(SCC(=O)n2c3c(c4ccccc42)CCCC3)c1)/C(=C/c1ccc(-c2ccccc2)cc1)NC(=O)c1ccccc1. The normalized spacial score (nSPS) is 12.7. The van der Waals surface area contributed by atoms with Gasteiger partial charge in [-0.3, -0.25) is 19.0 Å². The van der Waals surface area contributed by atoms with E-state index in [-0.39, 0.29) is 23.3 Å². The summed E-state index contributed by atoms with van der Waals surface area (Å²) in [5, 5.41) is 6.94. The molecule has 49 heavy (non-hydrogen) atoms. The molecular formula is C42H35N3O3S. The third-order valence-electron chi connectivity index (χ3n) is 8.74. The van der Waals surface area contributed by atoms with Gasteiger partial charge in [0, 0.05) is 27.2 Å². The third-order valence-corrected chi connectivity index (χ3v) is 9.72. The minimum Gasteiger partial charge on any atom is -0.321 e. The van der Waals surface area contributed by atoms with Gasteiger partial charge in [-0.1, -0.05) is 97.1 Å². The standard InChI is InChI=1S/C42H35N3O3S/c46-40(45-38-20-9-7-18-35(38)36-19-8-10-21-39(36)45)28-49-34-17-11-16-33(27-34)43-42(48)37(44-41(47)32-14-5-2-6-15-32)26-29-22-24-31(25-23-29)30-12-3-1-4-13-30/h1-7,9,11-18,20,22-27H,8,10,19,21,28H2,(H,43,48)(H,44,47)/b37-26-. The first-order valence-electron chi connectivity index (χ1n) is 16.5. The molecule has 0 radical (unpaired) electrons. The van der Waals surface area contributed by atoms with Crippen LogP contribution >= 0.6 is 11.8 Å². The van der Waals surface area contributed by atoms with E-state index in [0.29, 0.717) is 11.3 Å². The van der Waals surface area contributed by atoms with E-state index in [1.54, 1.807) is 36.4 Å². The van der Waals surface area contributed by atoms with Gasteiger partial charge in [-0.15, -0.1) is 11.8 Å². The maximum atomic E-state index is 13.7. The lowest BCUT2D eigenvalue weighted by Crippen LogP contribution is -2.30. The van der Waals surface area contributed by atoms with Crippen molar-refractivity contribution in [2.75, 3.05) is 11.1 Å². The van der Waals surface area contributed by atoms with Crippen molar-refractivity contribution in [3.8, 4) is 11.1 Å². The van der Waals surface area contributed by atoms with Gasteiger partial charge < -0.3 is 10.6 Å². The Bertz CT molecular complexity index is 2170. The highest BCUT2D eigenvalue weighted by Gasteiger charge is 2.23. The molecule has 1 aliphatic carbocycles. The van der Waals surface area contributed by atoms with E-state index in [1.165, 1.54) is 22.7 Å². The lowest BCUT2D eigenvalue weighted by Gasteiger charge is -2.15. The number of hydrogen-bond donors (Lipinski definition) is 2. The molecule has 242 valence electrons. The highest BCUT2D eigenvalue weighted by Crippen LogP contribution is 2.33. The van der Waals surface area contributed by atoms with Crippen LogP contribution in [0.25, 0.3) is 28.1 Å². The molecule has 1 aliphatic rings. The molecule has 7 heteroatoms. The average Bonchev–Trinajstić information content (AvgIpc) is 3.49. The Labute approximate surface area is 289 Å². The first kappa shape index (κ1) is 31.9. The highest BCUT2D eigenvalue weighted by atomic mass is 32.2. The summed E-state index contributed by atoms with van der Waals surface area (Å²) in [5.41, 5.74) is 7.45. The van der Waals surface area contributed by atoms with Crippen LogP contribution in [0.15, 0.2) is 144 Å². The molecule has 6 nitrogen and oxygen atoms in total. The van der Waals surface area contributed by atoms with Gasteiger partial charge in [-0.2, -0.15) is 0 Å². The predicted octanol–water partition coefficient (Wildman–Crippen LogP) is 9.03. The molecule has 0 aliphatic heterocycles. The van der Waals surface area contributed by atoms with Crippen molar-refractivity contribution in [2.24, 2.45) is 0 Å². The molecular weight excluding hydrogens is 627 g/mol. The number of amides is 2. The summed E-state index contributed by atoms with van der Waals surface area (Å²) in [4.78, 5) is 41.3. The number of aromatic nitrogens is 1. The van der Waals surface area contributed by atoms with Crippen LogP contribution in [-0.4, -0.2) is 28.0 Å². The summed E-state index contributed by atoms with van der Waals surface area (Å²) in [6.07, 6.45) is 5.83. The molecule has 6 aromatic rings. The van der Waals surface area contributed by atoms with Gasteiger partial charge in [0.15, 0.2) is 0 Å². The van der Waals surface area contributed by atoms with Crippen molar-refractivity contribution in [3.63, 3.8) is 0 Å². The Balaban J connectivity index is 1.09. The minimum absolute atomic E-state index is 0.0471. The van der Waals surface area contributed by atoms with Gasteiger partial charge >= 0.3 is 0 Å². The van der Waals surface area contributed by atoms with Crippen LogP contribution in [0.4, 0.5) is 5.69 Å². The van der Waals surface area contributed by atoms with Crippen molar-refractivity contribution in [3.05, 3.63) is 162 Å². The zero-order chi connectivity index (χ0) is 33.6. The topological polar surface area (TPSA) is 80.2 Å².